The van der Waals surface area contributed by atoms with Crippen molar-refractivity contribution in [3.63, 3.8) is 0 Å². The fourth-order valence-electron chi connectivity index (χ4n) is 3.13. The minimum absolute atomic E-state index is 0.108. The van der Waals surface area contributed by atoms with Crippen LogP contribution >= 0.6 is 0 Å². The summed E-state index contributed by atoms with van der Waals surface area (Å²) in [5.74, 6) is 0.438. The second-order valence-corrected chi connectivity index (χ2v) is 4.73. The number of carbonyl (C=O) groups is 2. The molecule has 2 saturated heterocycles. The molecule has 0 aromatic carbocycles. The molecule has 2 spiro atoms. The van der Waals surface area contributed by atoms with Gasteiger partial charge in [0, 0.05) is 13.0 Å². The summed E-state index contributed by atoms with van der Waals surface area (Å²) in [4.78, 5) is 25.2. The summed E-state index contributed by atoms with van der Waals surface area (Å²) < 4.78 is 0. The van der Waals surface area contributed by atoms with E-state index in [0.717, 1.165) is 25.8 Å². The minimum atomic E-state index is -0.337. The number of nitrogens with zero attached hydrogens (tertiary/aromatic N) is 1. The van der Waals surface area contributed by atoms with Crippen LogP contribution in [0.2, 0.25) is 0 Å². The Balaban J connectivity index is 1.95. The first-order valence-corrected chi connectivity index (χ1v) is 5.17. The van der Waals surface area contributed by atoms with E-state index in [-0.39, 0.29) is 17.0 Å². The number of rotatable bonds is 0. The third-order valence-corrected chi connectivity index (χ3v) is 4.48. The summed E-state index contributed by atoms with van der Waals surface area (Å²) in [7, 11) is 1.93. The summed E-state index contributed by atoms with van der Waals surface area (Å²) in [6.45, 7) is 0.720. The number of likely N-dealkylation sites (N-methyl/N-ethyl adjacent to an activating group) is 1. The lowest BCUT2D eigenvalue weighted by molar-refractivity contribution is -0.151. The zero-order valence-corrected chi connectivity index (χ0v) is 8.30. The Morgan fingerprint density at radius 3 is 2.14 bits per heavy atom. The van der Waals surface area contributed by atoms with Crippen LogP contribution in [-0.4, -0.2) is 41.3 Å². The van der Waals surface area contributed by atoms with Crippen molar-refractivity contribution in [2.75, 3.05) is 13.6 Å². The van der Waals surface area contributed by atoms with E-state index in [4.69, 9.17) is 0 Å². The van der Waals surface area contributed by atoms with E-state index < -0.39 is 0 Å². The van der Waals surface area contributed by atoms with E-state index in [9.17, 15) is 9.59 Å². The van der Waals surface area contributed by atoms with Gasteiger partial charge in [0.15, 0.2) is 5.78 Å². The molecule has 2 unspecified atom stereocenters. The third kappa shape index (κ3) is 0.639. The summed E-state index contributed by atoms with van der Waals surface area (Å²) >= 11 is 0. The highest BCUT2D eigenvalue weighted by Gasteiger charge is 2.65. The van der Waals surface area contributed by atoms with E-state index in [1.54, 1.807) is 0 Å². The molecule has 3 rings (SSSR count). The number of hydrogen-bond donors (Lipinski definition) is 1. The molecule has 2 heterocycles. The average molecular weight is 194 g/mol. The SMILES string of the molecule is CN1C2(CCC2=O)CCC12CNC2=O. The van der Waals surface area contributed by atoms with Crippen LogP contribution in [0.3, 0.4) is 0 Å². The Morgan fingerprint density at radius 2 is 1.93 bits per heavy atom. The molecule has 0 aromatic heterocycles. The Morgan fingerprint density at radius 1 is 1.21 bits per heavy atom. The highest BCUT2D eigenvalue weighted by atomic mass is 16.2. The number of ketones is 1. The fourth-order valence-corrected chi connectivity index (χ4v) is 3.13. The van der Waals surface area contributed by atoms with E-state index in [1.165, 1.54) is 0 Å². The minimum Gasteiger partial charge on any atom is -0.352 e. The summed E-state index contributed by atoms with van der Waals surface area (Å²) in [6, 6.07) is 0. The lowest BCUT2D eigenvalue weighted by Crippen LogP contribution is -2.74. The molecule has 1 N–H and O–H groups in total. The number of amides is 1. The molecule has 0 aromatic rings. The summed E-state index contributed by atoms with van der Waals surface area (Å²) in [5, 5.41) is 2.78. The lowest BCUT2D eigenvalue weighted by atomic mass is 9.73. The molecule has 0 radical (unpaired) electrons. The number of carbonyl (C=O) groups excluding carboxylic acids is 2. The van der Waals surface area contributed by atoms with Crippen molar-refractivity contribution in [3.8, 4) is 0 Å². The van der Waals surface area contributed by atoms with Gasteiger partial charge in [-0.05, 0) is 26.3 Å². The highest BCUT2D eigenvalue weighted by Crippen LogP contribution is 2.50. The van der Waals surface area contributed by atoms with Crippen LogP contribution in [0.1, 0.15) is 25.7 Å². The molecule has 2 aliphatic heterocycles. The van der Waals surface area contributed by atoms with Crippen LogP contribution < -0.4 is 5.32 Å². The smallest absolute Gasteiger partial charge is 0.242 e. The summed E-state index contributed by atoms with van der Waals surface area (Å²) in [5.41, 5.74) is -0.603. The van der Waals surface area contributed by atoms with Crippen molar-refractivity contribution < 1.29 is 9.59 Å². The van der Waals surface area contributed by atoms with Crippen LogP contribution in [0.4, 0.5) is 0 Å². The molecule has 1 saturated carbocycles. The van der Waals surface area contributed by atoms with Gasteiger partial charge in [-0.2, -0.15) is 0 Å². The van der Waals surface area contributed by atoms with Crippen LogP contribution in [0, 0.1) is 0 Å². The fraction of sp³-hybridized carbons (Fsp3) is 0.800. The maximum atomic E-state index is 11.6. The van der Waals surface area contributed by atoms with Crippen LogP contribution in [0.5, 0.6) is 0 Å². The van der Waals surface area contributed by atoms with Crippen molar-refractivity contribution in [3.05, 3.63) is 0 Å². The first kappa shape index (κ1) is 8.41. The normalized spacial score (nSPS) is 46.6. The van der Waals surface area contributed by atoms with Crippen molar-refractivity contribution in [1.82, 2.24) is 10.2 Å². The number of hydrogen-bond acceptors (Lipinski definition) is 3. The maximum absolute atomic E-state index is 11.6. The Kier molecular flexibility index (Phi) is 1.31. The lowest BCUT2D eigenvalue weighted by Gasteiger charge is -2.50. The van der Waals surface area contributed by atoms with Gasteiger partial charge >= 0.3 is 0 Å². The van der Waals surface area contributed by atoms with Gasteiger partial charge in [0.05, 0.1) is 5.54 Å². The summed E-state index contributed by atoms with van der Waals surface area (Å²) in [6.07, 6.45) is 3.36. The van der Waals surface area contributed by atoms with E-state index in [1.807, 2.05) is 11.9 Å². The first-order valence-electron chi connectivity index (χ1n) is 5.17. The molecule has 2 atom stereocenters. The standard InChI is InChI=1S/C10H14N2O2/c1-12-9(3-2-7(9)13)4-5-10(12)6-11-8(10)14/h2-6H2,1H3,(H,11,14). The molecular formula is C10H14N2O2. The van der Waals surface area contributed by atoms with Crippen molar-refractivity contribution in [2.45, 2.75) is 36.8 Å². The Hall–Kier alpha value is -0.900. The number of likely N-dealkylation sites (tertiary alicyclic amines) is 1. The molecule has 4 heteroatoms. The van der Waals surface area contributed by atoms with Crippen LogP contribution in [-0.2, 0) is 9.59 Å². The Labute approximate surface area is 82.6 Å². The van der Waals surface area contributed by atoms with Crippen molar-refractivity contribution in [1.29, 1.82) is 0 Å². The monoisotopic (exact) mass is 194 g/mol. The molecule has 14 heavy (non-hydrogen) atoms. The molecule has 1 amide bonds. The van der Waals surface area contributed by atoms with Gasteiger partial charge in [0.25, 0.3) is 0 Å². The van der Waals surface area contributed by atoms with Crippen molar-refractivity contribution in [2.24, 2.45) is 0 Å². The number of β-lactam (4-membered cyclic amide) rings is 1. The quantitative estimate of drug-likeness (QED) is 0.538. The highest BCUT2D eigenvalue weighted by molar-refractivity contribution is 5.99. The number of nitrogens with one attached hydrogen (secondary N) is 1. The topological polar surface area (TPSA) is 49.4 Å². The molecule has 4 nitrogen and oxygen atoms in total. The third-order valence-electron chi connectivity index (χ3n) is 4.48. The zero-order valence-electron chi connectivity index (χ0n) is 8.30. The van der Waals surface area contributed by atoms with Gasteiger partial charge in [0.2, 0.25) is 5.91 Å². The largest absolute Gasteiger partial charge is 0.352 e. The van der Waals surface area contributed by atoms with E-state index in [2.05, 4.69) is 5.32 Å². The van der Waals surface area contributed by atoms with E-state index in [0.29, 0.717) is 12.2 Å². The molecule has 0 bridgehead atoms. The van der Waals surface area contributed by atoms with Gasteiger partial charge in [-0.1, -0.05) is 0 Å². The Bertz CT molecular complexity index is 309. The molecule has 3 aliphatic rings. The second kappa shape index (κ2) is 2.19. The van der Waals surface area contributed by atoms with Crippen LogP contribution in [0.15, 0.2) is 0 Å². The van der Waals surface area contributed by atoms with E-state index >= 15 is 0 Å². The molecular weight excluding hydrogens is 180 g/mol. The zero-order chi connectivity index (χ0) is 9.97. The van der Waals surface area contributed by atoms with Gasteiger partial charge in [-0.15, -0.1) is 0 Å². The average Bonchev–Trinajstić information content (AvgIpc) is 2.52. The molecule has 76 valence electrons. The molecule has 1 aliphatic carbocycles. The van der Waals surface area contributed by atoms with Gasteiger partial charge < -0.3 is 5.32 Å². The van der Waals surface area contributed by atoms with Gasteiger partial charge in [-0.25, -0.2) is 0 Å². The second-order valence-electron chi connectivity index (χ2n) is 4.73. The van der Waals surface area contributed by atoms with Gasteiger partial charge in [0.1, 0.15) is 5.54 Å². The van der Waals surface area contributed by atoms with Crippen LogP contribution in [0.25, 0.3) is 0 Å². The predicted molar refractivity (Wildman–Crippen MR) is 49.7 cm³/mol. The van der Waals surface area contributed by atoms with Gasteiger partial charge in [-0.3, -0.25) is 14.5 Å². The first-order chi connectivity index (χ1) is 6.62. The maximum Gasteiger partial charge on any atom is 0.242 e. The van der Waals surface area contributed by atoms with Crippen molar-refractivity contribution >= 4 is 11.7 Å². The molecule has 3 fully saturated rings. The predicted octanol–water partition coefficient (Wildman–Crippen LogP) is -0.318. The number of Topliss-reactive ketones (excluding diaryl/α,β-unsaturated/α-hetero) is 1.